The molecule has 0 saturated heterocycles. The number of ketones is 1. The maximum Gasteiger partial charge on any atom is 0.251 e. The van der Waals surface area contributed by atoms with Crippen LogP contribution < -0.4 is 27.2 Å². The third-order valence-electron chi connectivity index (χ3n) is 5.15. The molecule has 2 amide bonds. The van der Waals surface area contributed by atoms with Gasteiger partial charge in [0.15, 0.2) is 5.78 Å². The van der Waals surface area contributed by atoms with Crippen LogP contribution in [0.4, 0.5) is 0 Å². The Morgan fingerprint density at radius 1 is 0.811 bits per heavy atom. The zero-order valence-electron chi connectivity index (χ0n) is 20.3. The molecule has 8 N–H and O–H groups in total. The van der Waals surface area contributed by atoms with Gasteiger partial charge in [0.05, 0.1) is 37.4 Å². The van der Waals surface area contributed by atoms with Crippen molar-refractivity contribution < 1.29 is 32.3 Å². The summed E-state index contributed by atoms with van der Waals surface area (Å²) in [4.78, 5) is 36.4. The maximum atomic E-state index is 12.3. The van der Waals surface area contributed by atoms with Crippen molar-refractivity contribution in [1.29, 1.82) is 0 Å². The fourth-order valence-corrected chi connectivity index (χ4v) is 3.66. The van der Waals surface area contributed by atoms with Gasteiger partial charge in [0.2, 0.25) is 15.9 Å². The van der Waals surface area contributed by atoms with Gasteiger partial charge in [-0.3, -0.25) is 14.4 Å². The highest BCUT2D eigenvalue weighted by atomic mass is 32.2. The Bertz CT molecular complexity index is 1130. The summed E-state index contributed by atoms with van der Waals surface area (Å²) < 4.78 is 33.2. The second kappa shape index (κ2) is 15.1. The zero-order chi connectivity index (χ0) is 27.3. The molecule has 0 aliphatic rings. The molecule has 1 unspecified atom stereocenters. The first-order chi connectivity index (χ1) is 17.6. The smallest absolute Gasteiger partial charge is 0.251 e. The number of Topliss-reactive ketones (excluding diaryl/α,β-unsaturated/α-hetero) is 1. The Morgan fingerprint density at radius 3 is 1.95 bits per heavy atom. The normalized spacial score (nSPS) is 12.9. The number of sulfonamides is 1. The Hall–Kier alpha value is -3.20. The van der Waals surface area contributed by atoms with Gasteiger partial charge in [0.25, 0.3) is 5.91 Å². The molecule has 0 radical (unpaired) electrons. The third-order valence-corrected chi connectivity index (χ3v) is 6.08. The van der Waals surface area contributed by atoms with E-state index in [9.17, 15) is 22.8 Å². The summed E-state index contributed by atoms with van der Waals surface area (Å²) in [6, 6.07) is 12.2. The lowest BCUT2D eigenvalue weighted by Crippen LogP contribution is -2.53. The van der Waals surface area contributed by atoms with E-state index in [2.05, 4.69) is 10.6 Å². The van der Waals surface area contributed by atoms with Gasteiger partial charge >= 0.3 is 0 Å². The molecule has 0 heterocycles. The van der Waals surface area contributed by atoms with Crippen molar-refractivity contribution in [3.05, 3.63) is 65.7 Å². The van der Waals surface area contributed by atoms with Gasteiger partial charge in [-0.1, -0.05) is 30.3 Å². The van der Waals surface area contributed by atoms with Crippen molar-refractivity contribution >= 4 is 27.6 Å². The molecule has 0 bridgehead atoms. The topological polar surface area (TPSA) is 206 Å². The molecule has 12 nitrogen and oxygen atoms in total. The molecule has 0 spiro atoms. The highest BCUT2D eigenvalue weighted by molar-refractivity contribution is 7.89. The summed E-state index contributed by atoms with van der Waals surface area (Å²) in [6.45, 7) is 1.35. The third kappa shape index (κ3) is 10.8. The van der Waals surface area contributed by atoms with Crippen LogP contribution >= 0.6 is 0 Å². The first-order valence-corrected chi connectivity index (χ1v) is 13.1. The van der Waals surface area contributed by atoms with Crippen LogP contribution in [0.1, 0.15) is 15.9 Å². The number of amides is 2. The van der Waals surface area contributed by atoms with Crippen LogP contribution in [-0.4, -0.2) is 77.6 Å². The number of rotatable bonds is 16. The second-order valence-electron chi connectivity index (χ2n) is 8.02. The molecule has 13 heteroatoms. The van der Waals surface area contributed by atoms with Gasteiger partial charge < -0.3 is 31.6 Å². The Morgan fingerprint density at radius 2 is 1.38 bits per heavy atom. The van der Waals surface area contributed by atoms with Gasteiger partial charge in [-0.2, -0.15) is 0 Å². The van der Waals surface area contributed by atoms with E-state index in [-0.39, 0.29) is 55.9 Å². The van der Waals surface area contributed by atoms with Crippen molar-refractivity contribution in [2.75, 3.05) is 39.5 Å². The van der Waals surface area contributed by atoms with E-state index in [1.54, 1.807) is 0 Å². The van der Waals surface area contributed by atoms with Crippen LogP contribution in [0.15, 0.2) is 59.5 Å². The predicted molar refractivity (Wildman–Crippen MR) is 136 cm³/mol. The zero-order valence-corrected chi connectivity index (χ0v) is 21.1. The lowest BCUT2D eigenvalue weighted by molar-refractivity contribution is -0.131. The monoisotopic (exact) mass is 535 g/mol. The number of hydrogen-bond donors (Lipinski definition) is 5. The second-order valence-corrected chi connectivity index (χ2v) is 9.58. The molecule has 0 aromatic heterocycles. The molecule has 0 aliphatic carbocycles. The van der Waals surface area contributed by atoms with Crippen LogP contribution in [0.5, 0.6) is 0 Å². The van der Waals surface area contributed by atoms with E-state index in [0.717, 1.165) is 5.56 Å². The molecule has 2 rings (SSSR count). The lowest BCUT2D eigenvalue weighted by atomic mass is 9.99. The molecular weight excluding hydrogens is 502 g/mol. The summed E-state index contributed by atoms with van der Waals surface area (Å²) in [5.74, 6) is -1.54. The number of nitrogens with one attached hydrogen (secondary N) is 2. The average molecular weight is 536 g/mol. The number of ether oxygens (including phenoxy) is 2. The maximum absolute atomic E-state index is 12.3. The van der Waals surface area contributed by atoms with E-state index in [1.165, 1.54) is 24.3 Å². The van der Waals surface area contributed by atoms with Crippen molar-refractivity contribution in [3.63, 3.8) is 0 Å². The first kappa shape index (κ1) is 30.0. The number of nitrogens with two attached hydrogens (primary N) is 3. The largest absolute Gasteiger partial charge is 0.377 e. The van der Waals surface area contributed by atoms with E-state index in [1.807, 2.05) is 30.3 Å². The van der Waals surface area contributed by atoms with E-state index >= 15 is 0 Å². The van der Waals surface area contributed by atoms with Crippen molar-refractivity contribution in [2.24, 2.45) is 16.6 Å². The summed E-state index contributed by atoms with van der Waals surface area (Å²) >= 11 is 0. The fraction of sp³-hybridized carbons (Fsp3) is 0.375. The van der Waals surface area contributed by atoms with Gasteiger partial charge in [0.1, 0.15) is 6.04 Å². The molecule has 0 aliphatic heterocycles. The van der Waals surface area contributed by atoms with Crippen molar-refractivity contribution in [2.45, 2.75) is 23.4 Å². The van der Waals surface area contributed by atoms with Crippen LogP contribution in [-0.2, 0) is 35.5 Å². The quantitative estimate of drug-likeness (QED) is 0.127. The van der Waals surface area contributed by atoms with Crippen LogP contribution in [0, 0.1) is 0 Å². The molecule has 0 saturated carbocycles. The number of hydrogen-bond acceptors (Lipinski definition) is 9. The predicted octanol–water partition coefficient (Wildman–Crippen LogP) is -1.32. The van der Waals surface area contributed by atoms with Gasteiger partial charge in [-0.25, -0.2) is 13.6 Å². The summed E-state index contributed by atoms with van der Waals surface area (Å²) in [7, 11) is -3.81. The minimum absolute atomic E-state index is 0.0775. The summed E-state index contributed by atoms with van der Waals surface area (Å²) in [5, 5.41) is 10.2. The summed E-state index contributed by atoms with van der Waals surface area (Å²) in [5.41, 5.74) is 12.8. The standard InChI is InChI=1S/C24H33N5O7S/c25-20(16-17-4-2-1-3-5-17)22(30)21(26)24(32)29-11-13-36-15-14-35-12-10-28-23(31)18-6-8-19(9-7-18)37(27,33)34/h1-9,20-21H,10-16,25-26H2,(H,28,31)(H,29,32)(H2,27,33,34)/t20?,21-/m1/s1. The Labute approximate surface area is 215 Å². The van der Waals surface area contributed by atoms with E-state index < -0.39 is 33.8 Å². The number of carbonyl (C=O) groups is 3. The van der Waals surface area contributed by atoms with E-state index in [4.69, 9.17) is 26.1 Å². The fourth-order valence-electron chi connectivity index (χ4n) is 3.14. The molecule has 0 fully saturated rings. The number of carbonyl (C=O) groups excluding carboxylic acids is 3. The number of benzene rings is 2. The van der Waals surface area contributed by atoms with Crippen molar-refractivity contribution in [1.82, 2.24) is 10.6 Å². The molecular formula is C24H33N5O7S. The molecule has 37 heavy (non-hydrogen) atoms. The molecule has 2 aromatic carbocycles. The number of primary sulfonamides is 1. The van der Waals surface area contributed by atoms with Crippen LogP contribution in [0.2, 0.25) is 0 Å². The van der Waals surface area contributed by atoms with Gasteiger partial charge in [0, 0.05) is 18.7 Å². The first-order valence-electron chi connectivity index (χ1n) is 11.5. The van der Waals surface area contributed by atoms with Crippen LogP contribution in [0.3, 0.4) is 0 Å². The summed E-state index contributed by atoms with van der Waals surface area (Å²) in [6.07, 6.45) is 0.293. The van der Waals surface area contributed by atoms with Crippen molar-refractivity contribution in [3.8, 4) is 0 Å². The van der Waals surface area contributed by atoms with Gasteiger partial charge in [-0.15, -0.1) is 0 Å². The van der Waals surface area contributed by atoms with E-state index in [0.29, 0.717) is 6.42 Å². The highest BCUT2D eigenvalue weighted by Gasteiger charge is 2.27. The average Bonchev–Trinajstić information content (AvgIpc) is 2.88. The highest BCUT2D eigenvalue weighted by Crippen LogP contribution is 2.08. The molecule has 2 atom stereocenters. The lowest BCUT2D eigenvalue weighted by Gasteiger charge is -2.16. The van der Waals surface area contributed by atoms with Crippen LogP contribution in [0.25, 0.3) is 0 Å². The SMILES string of the molecule is NC(Cc1ccccc1)C(=O)[C@@H](N)C(=O)NCCOCCOCCNC(=O)c1ccc(S(N)(=O)=O)cc1. The Kier molecular flexibility index (Phi) is 12.3. The minimum atomic E-state index is -3.81. The molecule has 202 valence electrons. The minimum Gasteiger partial charge on any atom is -0.377 e. The van der Waals surface area contributed by atoms with Gasteiger partial charge in [-0.05, 0) is 36.2 Å². The Balaban J connectivity index is 1.51. The molecule has 2 aromatic rings.